The molecule has 8 aromatic carbocycles. The van der Waals surface area contributed by atoms with Crippen molar-refractivity contribution in [3.8, 4) is 44.8 Å². The van der Waals surface area contributed by atoms with Crippen LogP contribution >= 0.6 is 0 Å². The molecule has 254 valence electrons. The average Bonchev–Trinajstić information content (AvgIpc) is 3.70. The Morgan fingerprint density at radius 3 is 1.76 bits per heavy atom. The third-order valence-corrected chi connectivity index (χ3v) is 9.57. The van der Waals surface area contributed by atoms with Gasteiger partial charge >= 0.3 is 0 Å². The Kier molecular flexibility index (Phi) is 6.33. The fourth-order valence-electron chi connectivity index (χ4n) is 7.03. The second kappa shape index (κ2) is 13.4. The zero-order chi connectivity index (χ0) is 41.1. The lowest BCUT2D eigenvalue weighted by atomic mass is 9.94. The maximum absolute atomic E-state index is 10.0. The first-order chi connectivity index (χ1) is 29.3. The lowest BCUT2D eigenvalue weighted by molar-refractivity contribution is 0.669. The number of anilines is 3. The Balaban J connectivity index is 1.23. The quantitative estimate of drug-likeness (QED) is 0.166. The molecule has 0 amide bonds. The van der Waals surface area contributed by atoms with Crippen LogP contribution in [0.5, 0.6) is 0 Å². The van der Waals surface area contributed by atoms with Crippen LogP contribution in [0.4, 0.5) is 17.1 Å². The zero-order valence-corrected chi connectivity index (χ0v) is 28.8. The number of nitrogens with zero attached hydrogens (tertiary/aromatic N) is 3. The van der Waals surface area contributed by atoms with E-state index in [1.54, 1.807) is 0 Å². The molecule has 0 spiro atoms. The molecular weight excluding hydrogens is 659 g/mol. The molecule has 0 aliphatic rings. The minimum Gasteiger partial charge on any atom is -0.456 e. The van der Waals surface area contributed by atoms with Gasteiger partial charge in [0.15, 0.2) is 0 Å². The number of fused-ring (bicyclic) bond motifs is 4. The lowest BCUT2D eigenvalue weighted by Crippen LogP contribution is -2.09. The second-order valence-corrected chi connectivity index (χ2v) is 12.9. The van der Waals surface area contributed by atoms with Gasteiger partial charge in [-0.3, -0.25) is 0 Å². The minimum atomic E-state index is -0.450. The third kappa shape index (κ3) is 5.67. The van der Waals surface area contributed by atoms with Gasteiger partial charge in [-0.15, -0.1) is 0 Å². The SMILES string of the molecule is [2H]c1c([2H])c([2H])c2c(oc3c([2H])c(-c4ccc(N(c5ccccc5)c5cccc(-c6ccccc6)c5)cc4)c([2H])c(-c4nc5ccccc5nc4-c4ccccc4)c32)c1[2H]. The maximum Gasteiger partial charge on any atom is 0.136 e. The summed E-state index contributed by atoms with van der Waals surface area (Å²) in [7, 11) is 0. The summed E-state index contributed by atoms with van der Waals surface area (Å²) in [4.78, 5) is 12.3. The number of aromatic nitrogens is 2. The molecule has 0 saturated carbocycles. The summed E-state index contributed by atoms with van der Waals surface area (Å²) < 4.78 is 60.9. The van der Waals surface area contributed by atoms with E-state index in [0.29, 0.717) is 28.0 Å². The molecule has 10 rings (SSSR count). The summed E-state index contributed by atoms with van der Waals surface area (Å²) in [6, 6.07) is 51.6. The molecule has 0 bridgehead atoms. The zero-order valence-electron chi connectivity index (χ0n) is 34.8. The molecule has 2 aromatic heterocycles. The fourth-order valence-corrected chi connectivity index (χ4v) is 7.03. The van der Waals surface area contributed by atoms with Crippen molar-refractivity contribution in [3.63, 3.8) is 0 Å². The van der Waals surface area contributed by atoms with Crippen molar-refractivity contribution in [2.24, 2.45) is 0 Å². The van der Waals surface area contributed by atoms with Crippen molar-refractivity contribution in [3.05, 3.63) is 200 Å². The normalized spacial score (nSPS) is 12.9. The summed E-state index contributed by atoms with van der Waals surface area (Å²) >= 11 is 0. The summed E-state index contributed by atoms with van der Waals surface area (Å²) in [6.07, 6.45) is 0. The van der Waals surface area contributed by atoms with E-state index in [1.807, 2.05) is 121 Å². The molecule has 0 aliphatic heterocycles. The van der Waals surface area contributed by atoms with Gasteiger partial charge in [-0.1, -0.05) is 133 Å². The molecule has 0 aliphatic carbocycles. The highest BCUT2D eigenvalue weighted by Gasteiger charge is 2.21. The topological polar surface area (TPSA) is 42.2 Å². The van der Waals surface area contributed by atoms with Crippen molar-refractivity contribution in [2.75, 3.05) is 4.90 Å². The van der Waals surface area contributed by atoms with E-state index in [4.69, 9.17) is 19.9 Å². The molecule has 0 radical (unpaired) electrons. The number of furan rings is 1. The van der Waals surface area contributed by atoms with Crippen molar-refractivity contribution < 1.29 is 12.6 Å². The van der Waals surface area contributed by atoms with Gasteiger partial charge in [-0.05, 0) is 88.9 Å². The first-order valence-corrected chi connectivity index (χ1v) is 17.7. The van der Waals surface area contributed by atoms with Gasteiger partial charge in [0.1, 0.15) is 11.2 Å². The highest BCUT2D eigenvalue weighted by Crippen LogP contribution is 2.43. The van der Waals surface area contributed by atoms with Gasteiger partial charge in [0.05, 0.1) is 30.6 Å². The molecule has 0 atom stereocenters. The van der Waals surface area contributed by atoms with Crippen LogP contribution in [0, 0.1) is 0 Å². The number of rotatable bonds is 7. The first-order valence-electron chi connectivity index (χ1n) is 20.7. The van der Waals surface area contributed by atoms with Crippen LogP contribution in [0.25, 0.3) is 77.7 Å². The van der Waals surface area contributed by atoms with Crippen LogP contribution in [0.1, 0.15) is 8.22 Å². The van der Waals surface area contributed by atoms with Gasteiger partial charge in [-0.25, -0.2) is 9.97 Å². The van der Waals surface area contributed by atoms with Crippen LogP contribution in [0.2, 0.25) is 0 Å². The minimum absolute atomic E-state index is 0.0275. The largest absolute Gasteiger partial charge is 0.456 e. The summed E-state index contributed by atoms with van der Waals surface area (Å²) in [5.74, 6) is 0. The van der Waals surface area contributed by atoms with Gasteiger partial charge in [0.25, 0.3) is 0 Å². The van der Waals surface area contributed by atoms with Crippen molar-refractivity contribution in [1.29, 1.82) is 0 Å². The van der Waals surface area contributed by atoms with Crippen LogP contribution in [0.3, 0.4) is 0 Å². The average molecular weight is 698 g/mol. The third-order valence-electron chi connectivity index (χ3n) is 9.57. The molecule has 0 fully saturated rings. The standard InChI is InChI=1S/C50H33N3O/c1-4-15-34(16-5-1)37-19-14-22-41(31-37)53(39-20-8-3-9-21-39)40-29-27-35(28-30-40)38-32-43(48-42-23-10-13-26-46(42)54-47(48)33-38)50-49(36-17-6-2-7-18-36)51-44-24-11-12-25-45(44)52-50/h1-33H/i10D,13D,23D,26D,32D,33D. The predicted octanol–water partition coefficient (Wildman–Crippen LogP) is 13.7. The molecule has 0 unspecified atom stereocenters. The van der Waals surface area contributed by atoms with E-state index in [0.717, 1.165) is 33.8 Å². The lowest BCUT2D eigenvalue weighted by Gasteiger charge is -2.26. The number of hydrogen-bond acceptors (Lipinski definition) is 4. The summed E-state index contributed by atoms with van der Waals surface area (Å²) in [5.41, 5.74) is 8.72. The highest BCUT2D eigenvalue weighted by molar-refractivity contribution is 6.14. The van der Waals surface area contributed by atoms with Gasteiger partial charge in [0.2, 0.25) is 0 Å². The Morgan fingerprint density at radius 1 is 0.444 bits per heavy atom. The Bertz CT molecular complexity index is 3270. The predicted molar refractivity (Wildman–Crippen MR) is 223 cm³/mol. The van der Waals surface area contributed by atoms with Crippen molar-refractivity contribution in [2.45, 2.75) is 0 Å². The van der Waals surface area contributed by atoms with Crippen LogP contribution < -0.4 is 4.90 Å². The molecule has 10 aromatic rings. The molecule has 4 heteroatoms. The number of hydrogen-bond donors (Lipinski definition) is 0. The molecule has 4 nitrogen and oxygen atoms in total. The van der Waals surface area contributed by atoms with E-state index in [1.165, 1.54) is 0 Å². The number of para-hydroxylation sites is 4. The fraction of sp³-hybridized carbons (Fsp3) is 0. The van der Waals surface area contributed by atoms with Crippen molar-refractivity contribution >= 4 is 50.0 Å². The van der Waals surface area contributed by atoms with E-state index in [-0.39, 0.29) is 57.2 Å². The van der Waals surface area contributed by atoms with E-state index < -0.39 is 12.1 Å². The van der Waals surface area contributed by atoms with E-state index in [9.17, 15) is 2.74 Å². The Labute approximate surface area is 321 Å². The van der Waals surface area contributed by atoms with Gasteiger partial charge in [0, 0.05) is 39.0 Å². The number of benzene rings is 8. The van der Waals surface area contributed by atoms with Gasteiger partial charge in [-0.2, -0.15) is 0 Å². The van der Waals surface area contributed by atoms with Gasteiger partial charge < -0.3 is 9.32 Å². The second-order valence-electron chi connectivity index (χ2n) is 12.9. The molecule has 2 heterocycles. The maximum atomic E-state index is 10.0. The van der Waals surface area contributed by atoms with E-state index >= 15 is 0 Å². The first kappa shape index (κ1) is 25.6. The Morgan fingerprint density at radius 2 is 1.02 bits per heavy atom. The summed E-state index contributed by atoms with van der Waals surface area (Å²) in [5, 5.41) is 0.294. The highest BCUT2D eigenvalue weighted by atomic mass is 16.3. The molecular formula is C50H33N3O. The van der Waals surface area contributed by atoms with Crippen LogP contribution in [-0.4, -0.2) is 9.97 Å². The van der Waals surface area contributed by atoms with Crippen molar-refractivity contribution in [1.82, 2.24) is 9.97 Å². The van der Waals surface area contributed by atoms with Crippen LogP contribution in [-0.2, 0) is 0 Å². The molecule has 0 saturated heterocycles. The van der Waals surface area contributed by atoms with Crippen LogP contribution in [0.15, 0.2) is 204 Å². The van der Waals surface area contributed by atoms with E-state index in [2.05, 4.69) is 47.4 Å². The molecule has 0 N–H and O–H groups in total. The summed E-state index contributed by atoms with van der Waals surface area (Å²) in [6.45, 7) is 0. The smallest absolute Gasteiger partial charge is 0.136 e. The Hall–Kier alpha value is -7.30. The monoisotopic (exact) mass is 697 g/mol. The molecule has 54 heavy (non-hydrogen) atoms.